The Labute approximate surface area is 216 Å². The fourth-order valence-corrected chi connectivity index (χ4v) is 7.19. The number of piperazine rings is 1. The van der Waals surface area contributed by atoms with Crippen molar-refractivity contribution >= 4 is 32.6 Å². The van der Waals surface area contributed by atoms with Crippen LogP contribution in [0.3, 0.4) is 0 Å². The third-order valence-electron chi connectivity index (χ3n) is 7.83. The highest BCUT2D eigenvalue weighted by Gasteiger charge is 2.33. The summed E-state index contributed by atoms with van der Waals surface area (Å²) in [6.07, 6.45) is 1.27. The minimum atomic E-state index is -3.75. The topological polar surface area (TPSA) is 99.9 Å². The number of carbonyl (C=O) groups is 1. The minimum Gasteiger partial charge on any atom is -0.477 e. The van der Waals surface area contributed by atoms with E-state index in [0.717, 1.165) is 33.9 Å². The first kappa shape index (κ1) is 26.8. The number of aromatic nitrogens is 1. The molecule has 0 aliphatic carbocycles. The maximum atomic E-state index is 15.2. The molecule has 2 aromatic carbocycles. The van der Waals surface area contributed by atoms with E-state index >= 15 is 4.39 Å². The van der Waals surface area contributed by atoms with Gasteiger partial charge in [-0.2, -0.15) is 4.31 Å². The van der Waals surface area contributed by atoms with Crippen LogP contribution in [0.1, 0.15) is 45.1 Å². The van der Waals surface area contributed by atoms with Gasteiger partial charge in [0.1, 0.15) is 11.4 Å². The molecule has 3 aromatic rings. The number of benzene rings is 2. The van der Waals surface area contributed by atoms with Crippen molar-refractivity contribution < 1.29 is 22.7 Å². The van der Waals surface area contributed by atoms with Crippen LogP contribution in [-0.2, 0) is 16.6 Å². The first-order valence-corrected chi connectivity index (χ1v) is 13.7. The number of carboxylic acid groups (broad SMARTS) is 1. The van der Waals surface area contributed by atoms with Gasteiger partial charge in [0, 0.05) is 44.3 Å². The van der Waals surface area contributed by atoms with Gasteiger partial charge >= 0.3 is 5.97 Å². The second-order valence-electron chi connectivity index (χ2n) is 9.63. The Kier molecular flexibility index (Phi) is 6.94. The van der Waals surface area contributed by atoms with Crippen LogP contribution in [0.25, 0.3) is 10.9 Å². The Morgan fingerprint density at radius 3 is 2.00 bits per heavy atom. The highest BCUT2D eigenvalue weighted by Crippen LogP contribution is 2.33. The number of hydrogen-bond donors (Lipinski definition) is 1. The van der Waals surface area contributed by atoms with Gasteiger partial charge in [-0.3, -0.25) is 4.79 Å². The molecule has 0 saturated carbocycles. The number of aromatic carboxylic acids is 1. The Hall–Kier alpha value is -3.24. The summed E-state index contributed by atoms with van der Waals surface area (Å²) in [5.41, 5.74) is 4.06. The van der Waals surface area contributed by atoms with E-state index in [9.17, 15) is 23.1 Å². The molecule has 1 saturated heterocycles. The highest BCUT2D eigenvalue weighted by atomic mass is 32.2. The lowest BCUT2D eigenvalue weighted by atomic mass is 9.95. The van der Waals surface area contributed by atoms with Crippen molar-refractivity contribution in [3.63, 3.8) is 0 Å². The second-order valence-corrected chi connectivity index (χ2v) is 11.5. The lowest BCUT2D eigenvalue weighted by molar-refractivity contribution is 0.0694. The van der Waals surface area contributed by atoms with Crippen molar-refractivity contribution in [1.82, 2.24) is 8.87 Å². The van der Waals surface area contributed by atoms with Gasteiger partial charge in [-0.15, -0.1) is 0 Å². The van der Waals surface area contributed by atoms with Crippen molar-refractivity contribution in [1.29, 1.82) is 0 Å². The molecule has 0 amide bonds. The SMILES string of the molecule is CCn1cc(C(=O)O)c(=O)c2cc(F)c(N3CCN(S(=O)(=O)c4c(C)c(C)c(C)c(C)c4C)CC3)cc21. The molecule has 0 spiro atoms. The number of rotatable bonds is 5. The summed E-state index contributed by atoms with van der Waals surface area (Å²) >= 11 is 0. The van der Waals surface area contributed by atoms with Gasteiger partial charge in [-0.1, -0.05) is 0 Å². The zero-order valence-corrected chi connectivity index (χ0v) is 22.8. The monoisotopic (exact) mass is 529 g/mol. The largest absolute Gasteiger partial charge is 0.477 e. The molecule has 1 fully saturated rings. The Morgan fingerprint density at radius 2 is 1.49 bits per heavy atom. The van der Waals surface area contributed by atoms with Gasteiger partial charge in [0.25, 0.3) is 0 Å². The molecular formula is C27H32FN3O5S. The highest BCUT2D eigenvalue weighted by molar-refractivity contribution is 7.89. The van der Waals surface area contributed by atoms with Crippen LogP contribution in [0.15, 0.2) is 28.0 Å². The van der Waals surface area contributed by atoms with Gasteiger partial charge in [-0.25, -0.2) is 17.6 Å². The molecular weight excluding hydrogens is 497 g/mol. The van der Waals surface area contributed by atoms with E-state index in [1.165, 1.54) is 10.5 Å². The molecule has 198 valence electrons. The van der Waals surface area contributed by atoms with E-state index in [1.807, 2.05) is 34.6 Å². The van der Waals surface area contributed by atoms with E-state index in [4.69, 9.17) is 0 Å². The lowest BCUT2D eigenvalue weighted by Gasteiger charge is -2.36. The number of sulfonamides is 1. The number of carboxylic acids is 1. The molecule has 37 heavy (non-hydrogen) atoms. The first-order chi connectivity index (χ1) is 17.3. The number of anilines is 1. The fraction of sp³-hybridized carbons (Fsp3) is 0.407. The maximum absolute atomic E-state index is 15.2. The molecule has 10 heteroatoms. The number of halogens is 1. The Bertz CT molecular complexity index is 1570. The summed E-state index contributed by atoms with van der Waals surface area (Å²) in [5.74, 6) is -2.01. The first-order valence-electron chi connectivity index (χ1n) is 12.2. The van der Waals surface area contributed by atoms with Crippen LogP contribution in [0.4, 0.5) is 10.1 Å². The van der Waals surface area contributed by atoms with Crippen LogP contribution in [0, 0.1) is 40.4 Å². The average molecular weight is 530 g/mol. The van der Waals surface area contributed by atoms with Crippen LogP contribution in [-0.4, -0.2) is 54.5 Å². The van der Waals surface area contributed by atoms with Gasteiger partial charge in [0.15, 0.2) is 0 Å². The fourth-order valence-electron chi connectivity index (χ4n) is 5.21. The second kappa shape index (κ2) is 9.57. The normalized spacial score (nSPS) is 14.9. The molecule has 0 atom stereocenters. The summed E-state index contributed by atoms with van der Waals surface area (Å²) in [4.78, 5) is 26.2. The van der Waals surface area contributed by atoms with Crippen molar-refractivity contribution in [2.75, 3.05) is 31.1 Å². The van der Waals surface area contributed by atoms with Crippen LogP contribution in [0.5, 0.6) is 0 Å². The number of nitrogens with zero attached hydrogens (tertiary/aromatic N) is 3. The van der Waals surface area contributed by atoms with Crippen LogP contribution >= 0.6 is 0 Å². The Morgan fingerprint density at radius 1 is 0.946 bits per heavy atom. The van der Waals surface area contributed by atoms with Gasteiger partial charge in [0.2, 0.25) is 15.5 Å². The van der Waals surface area contributed by atoms with Crippen molar-refractivity contribution in [2.24, 2.45) is 0 Å². The number of fused-ring (bicyclic) bond motifs is 1. The van der Waals surface area contributed by atoms with E-state index in [2.05, 4.69) is 0 Å². The molecule has 1 aliphatic rings. The summed E-state index contributed by atoms with van der Waals surface area (Å²) < 4.78 is 45.6. The number of aryl methyl sites for hydroxylation is 1. The standard InChI is InChI=1S/C27H32FN3O5S/c1-7-29-14-21(27(33)34)25(32)20-12-22(28)24(13-23(20)29)30-8-10-31(11-9-30)37(35,36)26-18(5)16(3)15(2)17(4)19(26)6/h12-14H,7-11H2,1-6H3,(H,33,34). The van der Waals surface area contributed by atoms with Crippen molar-refractivity contribution in [3.8, 4) is 0 Å². The third-order valence-corrected chi connectivity index (χ3v) is 10.0. The molecule has 2 heterocycles. The summed E-state index contributed by atoms with van der Waals surface area (Å²) in [5, 5.41) is 9.35. The lowest BCUT2D eigenvalue weighted by Crippen LogP contribution is -2.49. The van der Waals surface area contributed by atoms with E-state index < -0.39 is 32.8 Å². The van der Waals surface area contributed by atoms with Crippen molar-refractivity contribution in [3.05, 3.63) is 67.8 Å². The number of hydrogen-bond acceptors (Lipinski definition) is 5. The van der Waals surface area contributed by atoms with E-state index in [-0.39, 0.29) is 37.3 Å². The molecule has 8 nitrogen and oxygen atoms in total. The van der Waals surface area contributed by atoms with E-state index in [0.29, 0.717) is 17.0 Å². The summed E-state index contributed by atoms with van der Waals surface area (Å²) in [6.45, 7) is 12.7. The zero-order chi connectivity index (χ0) is 27.4. The minimum absolute atomic E-state index is 0.000254. The third kappa shape index (κ3) is 4.31. The van der Waals surface area contributed by atoms with Gasteiger partial charge in [0.05, 0.1) is 16.1 Å². The van der Waals surface area contributed by atoms with E-state index in [1.54, 1.807) is 22.5 Å². The summed E-state index contributed by atoms with van der Waals surface area (Å²) in [6, 6.07) is 2.63. The molecule has 0 unspecified atom stereocenters. The predicted molar refractivity (Wildman–Crippen MR) is 142 cm³/mol. The van der Waals surface area contributed by atoms with Crippen molar-refractivity contribution in [2.45, 2.75) is 53.0 Å². The zero-order valence-electron chi connectivity index (χ0n) is 22.0. The van der Waals surface area contributed by atoms with Crippen LogP contribution in [0.2, 0.25) is 0 Å². The van der Waals surface area contributed by atoms with Crippen LogP contribution < -0.4 is 10.3 Å². The smallest absolute Gasteiger partial charge is 0.341 e. The maximum Gasteiger partial charge on any atom is 0.341 e. The summed E-state index contributed by atoms with van der Waals surface area (Å²) in [7, 11) is -3.75. The molecule has 1 aliphatic heterocycles. The average Bonchev–Trinajstić information content (AvgIpc) is 2.86. The Balaban J connectivity index is 1.68. The quantitative estimate of drug-likeness (QED) is 0.538. The predicted octanol–water partition coefficient (Wildman–Crippen LogP) is 3.91. The molecule has 0 bridgehead atoms. The number of pyridine rings is 1. The molecule has 1 aromatic heterocycles. The molecule has 0 radical (unpaired) electrons. The molecule has 4 rings (SSSR count). The molecule has 1 N–H and O–H groups in total. The van der Waals surface area contributed by atoms with Gasteiger partial charge in [-0.05, 0) is 81.5 Å². The van der Waals surface area contributed by atoms with Gasteiger partial charge < -0.3 is 14.6 Å².